The lowest BCUT2D eigenvalue weighted by atomic mass is 10.1. The van der Waals surface area contributed by atoms with Crippen molar-refractivity contribution in [3.05, 3.63) is 40.8 Å². The maximum Gasteiger partial charge on any atom is 0.161 e. The summed E-state index contributed by atoms with van der Waals surface area (Å²) in [7, 11) is 0. The van der Waals surface area contributed by atoms with Gasteiger partial charge in [0.2, 0.25) is 0 Å². The van der Waals surface area contributed by atoms with Gasteiger partial charge < -0.3 is 5.43 Å². The smallest absolute Gasteiger partial charge is 0.161 e. The van der Waals surface area contributed by atoms with E-state index in [1.54, 1.807) is 0 Å². The summed E-state index contributed by atoms with van der Waals surface area (Å²) in [6, 6.07) is 4.75. The second-order valence-corrected chi connectivity index (χ2v) is 4.47. The Morgan fingerprint density at radius 1 is 1.21 bits per heavy atom. The summed E-state index contributed by atoms with van der Waals surface area (Å²) >= 11 is 0. The summed E-state index contributed by atoms with van der Waals surface area (Å²) in [6.07, 6.45) is 0.786. The highest BCUT2D eigenvalue weighted by Gasteiger charge is 2.11. The molecule has 0 bridgehead atoms. The fourth-order valence-electron chi connectivity index (χ4n) is 2.13. The van der Waals surface area contributed by atoms with Gasteiger partial charge in [0.05, 0.1) is 0 Å². The van der Waals surface area contributed by atoms with E-state index in [-0.39, 0.29) is 5.82 Å². The van der Waals surface area contributed by atoms with Crippen LogP contribution < -0.4 is 11.3 Å². The third-order valence-corrected chi connectivity index (χ3v) is 3.00. The van der Waals surface area contributed by atoms with Crippen molar-refractivity contribution < 1.29 is 4.39 Å². The van der Waals surface area contributed by atoms with Crippen molar-refractivity contribution in [2.75, 3.05) is 5.43 Å². The zero-order valence-corrected chi connectivity index (χ0v) is 11.3. The number of hydrogen-bond acceptors (Lipinski definition) is 4. The number of nitrogen functional groups attached to an aromatic ring is 1. The van der Waals surface area contributed by atoms with Crippen LogP contribution in [-0.2, 0) is 6.42 Å². The van der Waals surface area contributed by atoms with E-state index in [2.05, 4.69) is 15.4 Å². The molecule has 0 saturated carbocycles. The molecule has 1 heterocycles. The first-order valence-electron chi connectivity index (χ1n) is 6.16. The van der Waals surface area contributed by atoms with Crippen LogP contribution in [0.3, 0.4) is 0 Å². The number of benzene rings is 1. The van der Waals surface area contributed by atoms with Gasteiger partial charge in [-0.25, -0.2) is 20.2 Å². The summed E-state index contributed by atoms with van der Waals surface area (Å²) in [5, 5.41) is 0. The van der Waals surface area contributed by atoms with E-state index in [4.69, 9.17) is 5.84 Å². The molecular formula is C14H17FN4. The highest BCUT2D eigenvalue weighted by molar-refractivity contribution is 5.60. The lowest BCUT2D eigenvalue weighted by Crippen LogP contribution is -2.13. The standard InChI is InChI=1S/C14H17FN4/c1-4-12-9(3)17-13(18-14(12)19-16)10-5-8(2)6-11(15)7-10/h5-7H,4,16H2,1-3H3,(H,17,18,19). The quantitative estimate of drug-likeness (QED) is 0.658. The summed E-state index contributed by atoms with van der Waals surface area (Å²) in [6.45, 7) is 5.75. The van der Waals surface area contributed by atoms with Gasteiger partial charge in [0.1, 0.15) is 11.6 Å². The van der Waals surface area contributed by atoms with Gasteiger partial charge in [-0.05, 0) is 44.0 Å². The average Bonchev–Trinajstić information content (AvgIpc) is 2.36. The molecule has 0 spiro atoms. The fraction of sp³-hybridized carbons (Fsp3) is 0.286. The lowest BCUT2D eigenvalue weighted by molar-refractivity contribution is 0.627. The number of halogens is 1. The Kier molecular flexibility index (Phi) is 3.76. The lowest BCUT2D eigenvalue weighted by Gasteiger charge is -2.11. The normalized spacial score (nSPS) is 10.6. The Bertz CT molecular complexity index is 590. The van der Waals surface area contributed by atoms with E-state index >= 15 is 0 Å². The van der Waals surface area contributed by atoms with Crippen LogP contribution in [0.15, 0.2) is 18.2 Å². The van der Waals surface area contributed by atoms with E-state index in [1.807, 2.05) is 26.8 Å². The number of nitrogens with one attached hydrogen (secondary N) is 1. The minimum Gasteiger partial charge on any atom is -0.308 e. The van der Waals surface area contributed by atoms with Gasteiger partial charge in [0, 0.05) is 16.8 Å². The highest BCUT2D eigenvalue weighted by atomic mass is 19.1. The van der Waals surface area contributed by atoms with Crippen molar-refractivity contribution in [1.82, 2.24) is 9.97 Å². The molecule has 1 aromatic heterocycles. The Morgan fingerprint density at radius 3 is 2.53 bits per heavy atom. The molecule has 0 aliphatic rings. The molecule has 0 saturated heterocycles. The minimum atomic E-state index is -0.293. The second kappa shape index (κ2) is 5.32. The number of anilines is 1. The van der Waals surface area contributed by atoms with Gasteiger partial charge in [-0.3, -0.25) is 0 Å². The van der Waals surface area contributed by atoms with Crippen molar-refractivity contribution in [3.8, 4) is 11.4 Å². The Balaban J connectivity index is 2.59. The average molecular weight is 260 g/mol. The predicted octanol–water partition coefficient (Wildman–Crippen LogP) is 2.75. The van der Waals surface area contributed by atoms with Gasteiger partial charge in [-0.15, -0.1) is 0 Å². The Hall–Kier alpha value is -2.01. The van der Waals surface area contributed by atoms with Gasteiger partial charge in [0.25, 0.3) is 0 Å². The molecule has 5 heteroatoms. The van der Waals surface area contributed by atoms with Gasteiger partial charge >= 0.3 is 0 Å². The largest absolute Gasteiger partial charge is 0.308 e. The van der Waals surface area contributed by atoms with E-state index in [9.17, 15) is 4.39 Å². The van der Waals surface area contributed by atoms with E-state index in [0.29, 0.717) is 17.2 Å². The molecule has 0 atom stereocenters. The van der Waals surface area contributed by atoms with Crippen LogP contribution in [-0.4, -0.2) is 9.97 Å². The monoisotopic (exact) mass is 260 g/mol. The fourth-order valence-corrected chi connectivity index (χ4v) is 2.13. The molecule has 4 nitrogen and oxygen atoms in total. The third-order valence-electron chi connectivity index (χ3n) is 3.00. The minimum absolute atomic E-state index is 0.293. The molecular weight excluding hydrogens is 243 g/mol. The van der Waals surface area contributed by atoms with Crippen LogP contribution in [0.2, 0.25) is 0 Å². The number of hydrogen-bond donors (Lipinski definition) is 2. The molecule has 0 radical (unpaired) electrons. The summed E-state index contributed by atoms with van der Waals surface area (Å²) in [5.41, 5.74) is 5.89. The maximum atomic E-state index is 13.4. The predicted molar refractivity (Wildman–Crippen MR) is 74.1 cm³/mol. The Morgan fingerprint density at radius 2 is 1.95 bits per heavy atom. The van der Waals surface area contributed by atoms with Gasteiger partial charge in [0.15, 0.2) is 5.82 Å². The summed E-state index contributed by atoms with van der Waals surface area (Å²) in [4.78, 5) is 8.79. The van der Waals surface area contributed by atoms with Crippen molar-refractivity contribution in [3.63, 3.8) is 0 Å². The molecule has 2 rings (SSSR count). The topological polar surface area (TPSA) is 63.8 Å². The van der Waals surface area contributed by atoms with Gasteiger partial charge in [-0.1, -0.05) is 6.92 Å². The molecule has 0 aliphatic carbocycles. The number of hydrazine groups is 1. The molecule has 0 fully saturated rings. The SMILES string of the molecule is CCc1c(C)nc(-c2cc(C)cc(F)c2)nc1NN. The van der Waals surface area contributed by atoms with Crippen LogP contribution >= 0.6 is 0 Å². The molecule has 3 N–H and O–H groups in total. The molecule has 0 amide bonds. The summed E-state index contributed by atoms with van der Waals surface area (Å²) < 4.78 is 13.4. The van der Waals surface area contributed by atoms with Crippen molar-refractivity contribution >= 4 is 5.82 Å². The molecule has 0 aliphatic heterocycles. The molecule has 100 valence electrons. The number of nitrogens with two attached hydrogens (primary N) is 1. The van der Waals surface area contributed by atoms with Crippen molar-refractivity contribution in [2.24, 2.45) is 5.84 Å². The van der Waals surface area contributed by atoms with Crippen molar-refractivity contribution in [1.29, 1.82) is 0 Å². The first kappa shape index (κ1) is 13.4. The van der Waals surface area contributed by atoms with Gasteiger partial charge in [-0.2, -0.15) is 0 Å². The number of aromatic nitrogens is 2. The molecule has 19 heavy (non-hydrogen) atoms. The van der Waals surface area contributed by atoms with E-state index in [0.717, 1.165) is 23.2 Å². The first-order valence-corrected chi connectivity index (χ1v) is 6.16. The van der Waals surface area contributed by atoms with E-state index < -0.39 is 0 Å². The Labute approximate surface area is 111 Å². The molecule has 1 aromatic carbocycles. The van der Waals surface area contributed by atoms with Crippen molar-refractivity contribution in [2.45, 2.75) is 27.2 Å². The van der Waals surface area contributed by atoms with Crippen LogP contribution in [0.4, 0.5) is 10.2 Å². The zero-order valence-electron chi connectivity index (χ0n) is 11.3. The van der Waals surface area contributed by atoms with Crippen LogP contribution in [0, 0.1) is 19.7 Å². The zero-order chi connectivity index (χ0) is 14.0. The number of aryl methyl sites for hydroxylation is 2. The van der Waals surface area contributed by atoms with Crippen LogP contribution in [0.25, 0.3) is 11.4 Å². The highest BCUT2D eigenvalue weighted by Crippen LogP contribution is 2.23. The van der Waals surface area contributed by atoms with Crippen LogP contribution in [0.1, 0.15) is 23.7 Å². The number of nitrogens with zero attached hydrogens (tertiary/aromatic N) is 2. The van der Waals surface area contributed by atoms with Crippen LogP contribution in [0.5, 0.6) is 0 Å². The number of rotatable bonds is 3. The second-order valence-electron chi connectivity index (χ2n) is 4.47. The summed E-state index contributed by atoms with van der Waals surface area (Å²) in [5.74, 6) is 6.26. The third kappa shape index (κ3) is 2.71. The van der Waals surface area contributed by atoms with E-state index in [1.165, 1.54) is 12.1 Å². The first-order chi connectivity index (χ1) is 9.05. The maximum absolute atomic E-state index is 13.4. The molecule has 0 unspecified atom stereocenters. The molecule has 2 aromatic rings.